The van der Waals surface area contributed by atoms with Crippen LogP contribution in [-0.2, 0) is 30.5 Å². The Bertz CT molecular complexity index is 960. The number of hydrogen-bond donors (Lipinski definition) is 4. The second kappa shape index (κ2) is 13.8. The predicted molar refractivity (Wildman–Crippen MR) is 135 cm³/mol. The number of ether oxygens (including phenoxy) is 2. The minimum atomic E-state index is -0.967. The molecule has 0 bridgehead atoms. The molecule has 1 aromatic carbocycles. The molecule has 0 radical (unpaired) electrons. The fourth-order valence-corrected chi connectivity index (χ4v) is 4.55. The quantitative estimate of drug-likeness (QED) is 0.322. The first kappa shape index (κ1) is 28.2. The summed E-state index contributed by atoms with van der Waals surface area (Å²) in [5.74, 6) is -1.85. The van der Waals surface area contributed by atoms with Crippen molar-refractivity contribution < 1.29 is 33.8 Å². The molecule has 3 unspecified atom stereocenters. The molecule has 0 spiro atoms. The molecule has 3 amide bonds. The molecule has 37 heavy (non-hydrogen) atoms. The SMILES string of the molecule is CC1CNC(=O)C(CC(=O)NC2(CO)CCCC2)CC=CCC(NC(=O)OCc2ccccc2)C(=O)O1. The van der Waals surface area contributed by atoms with Gasteiger partial charge in [0.05, 0.1) is 24.6 Å². The van der Waals surface area contributed by atoms with Gasteiger partial charge in [0, 0.05) is 6.42 Å². The van der Waals surface area contributed by atoms with Crippen LogP contribution in [-0.4, -0.2) is 59.8 Å². The van der Waals surface area contributed by atoms with Crippen LogP contribution in [0, 0.1) is 5.92 Å². The minimum Gasteiger partial charge on any atom is -0.459 e. The van der Waals surface area contributed by atoms with Gasteiger partial charge in [-0.05, 0) is 38.2 Å². The van der Waals surface area contributed by atoms with Crippen LogP contribution in [0.2, 0.25) is 0 Å². The predicted octanol–water partition coefficient (Wildman–Crippen LogP) is 2.11. The first-order valence-corrected chi connectivity index (χ1v) is 12.8. The molecule has 202 valence electrons. The van der Waals surface area contributed by atoms with Crippen molar-refractivity contribution in [2.45, 2.75) is 76.2 Å². The number of carbonyl (C=O) groups excluding carboxylic acids is 4. The van der Waals surface area contributed by atoms with Gasteiger partial charge in [-0.2, -0.15) is 0 Å². The van der Waals surface area contributed by atoms with Crippen molar-refractivity contribution in [3.8, 4) is 0 Å². The molecule has 3 atom stereocenters. The number of allylic oxidation sites excluding steroid dienone is 1. The van der Waals surface area contributed by atoms with Crippen molar-refractivity contribution in [3.63, 3.8) is 0 Å². The highest BCUT2D eigenvalue weighted by molar-refractivity contribution is 5.86. The lowest BCUT2D eigenvalue weighted by atomic mass is 9.95. The molecule has 1 aromatic rings. The second-order valence-electron chi connectivity index (χ2n) is 9.79. The number of aliphatic hydroxyl groups excluding tert-OH is 1. The van der Waals surface area contributed by atoms with Crippen LogP contribution in [0.25, 0.3) is 0 Å². The molecule has 10 nitrogen and oxygen atoms in total. The normalized spacial score (nSPS) is 24.1. The Balaban J connectivity index is 1.60. The Kier molecular flexibility index (Phi) is 10.5. The molecule has 4 N–H and O–H groups in total. The number of alkyl carbamates (subject to hydrolysis) is 1. The molecule has 1 aliphatic carbocycles. The van der Waals surface area contributed by atoms with E-state index in [-0.39, 0.29) is 50.8 Å². The van der Waals surface area contributed by atoms with E-state index in [1.807, 2.05) is 30.3 Å². The number of esters is 1. The monoisotopic (exact) mass is 515 g/mol. The van der Waals surface area contributed by atoms with E-state index in [0.717, 1.165) is 31.2 Å². The largest absolute Gasteiger partial charge is 0.459 e. The summed E-state index contributed by atoms with van der Waals surface area (Å²) < 4.78 is 10.6. The van der Waals surface area contributed by atoms with Gasteiger partial charge in [0.1, 0.15) is 18.8 Å². The fourth-order valence-electron chi connectivity index (χ4n) is 4.55. The molecule has 1 fully saturated rings. The summed E-state index contributed by atoms with van der Waals surface area (Å²) in [5.41, 5.74) is 0.210. The van der Waals surface area contributed by atoms with Gasteiger partial charge in [-0.1, -0.05) is 55.3 Å². The van der Waals surface area contributed by atoms with Crippen LogP contribution in [0.5, 0.6) is 0 Å². The molecular formula is C27H37N3O7. The van der Waals surface area contributed by atoms with Gasteiger partial charge in [0.25, 0.3) is 0 Å². The van der Waals surface area contributed by atoms with Crippen LogP contribution in [0.1, 0.15) is 57.4 Å². The van der Waals surface area contributed by atoms with Gasteiger partial charge in [0.2, 0.25) is 11.8 Å². The third-order valence-corrected chi connectivity index (χ3v) is 6.70. The van der Waals surface area contributed by atoms with Gasteiger partial charge in [-0.3, -0.25) is 9.59 Å². The average Bonchev–Trinajstić information content (AvgIpc) is 3.35. The van der Waals surface area contributed by atoms with Crippen LogP contribution >= 0.6 is 0 Å². The molecule has 1 aliphatic heterocycles. The number of amides is 3. The summed E-state index contributed by atoms with van der Waals surface area (Å²) in [4.78, 5) is 50.5. The third-order valence-electron chi connectivity index (χ3n) is 6.70. The topological polar surface area (TPSA) is 143 Å². The van der Waals surface area contributed by atoms with Crippen molar-refractivity contribution in [3.05, 3.63) is 48.0 Å². The number of aliphatic hydroxyl groups is 1. The third kappa shape index (κ3) is 8.89. The number of carbonyl (C=O) groups is 4. The second-order valence-corrected chi connectivity index (χ2v) is 9.79. The standard InChI is InChI=1S/C27H37N3O7/c1-19-16-28-24(33)21(15-23(32)30-27(18-31)13-7-8-14-27)11-5-6-12-22(25(34)37-19)29-26(35)36-17-20-9-3-2-4-10-20/h2-6,9-10,19,21-22,31H,7-8,11-18H2,1H3,(H,28,33)(H,29,35)(H,30,32). The van der Waals surface area contributed by atoms with E-state index in [1.54, 1.807) is 19.1 Å². The Morgan fingerprint density at radius 3 is 2.54 bits per heavy atom. The fraction of sp³-hybridized carbons (Fsp3) is 0.556. The van der Waals surface area contributed by atoms with E-state index in [0.29, 0.717) is 0 Å². The van der Waals surface area contributed by atoms with Gasteiger partial charge in [-0.15, -0.1) is 0 Å². The lowest BCUT2D eigenvalue weighted by Gasteiger charge is -2.29. The van der Waals surface area contributed by atoms with Crippen molar-refractivity contribution in [1.82, 2.24) is 16.0 Å². The zero-order valence-corrected chi connectivity index (χ0v) is 21.2. The van der Waals surface area contributed by atoms with Gasteiger partial charge < -0.3 is 30.5 Å². The van der Waals surface area contributed by atoms with Crippen LogP contribution in [0.4, 0.5) is 4.79 Å². The van der Waals surface area contributed by atoms with E-state index >= 15 is 0 Å². The van der Waals surface area contributed by atoms with Crippen molar-refractivity contribution in [2.75, 3.05) is 13.2 Å². The number of nitrogens with one attached hydrogen (secondary N) is 3. The summed E-state index contributed by atoms with van der Waals surface area (Å²) in [5, 5.41) is 18.0. The Labute approximate surface area is 217 Å². The van der Waals surface area contributed by atoms with E-state index in [2.05, 4.69) is 16.0 Å². The number of hydrogen-bond acceptors (Lipinski definition) is 7. The molecule has 0 saturated heterocycles. The maximum absolute atomic E-state index is 12.8. The van der Waals surface area contributed by atoms with Crippen LogP contribution in [0.15, 0.2) is 42.5 Å². The Hall–Kier alpha value is -3.40. The summed E-state index contributed by atoms with van der Waals surface area (Å²) >= 11 is 0. The average molecular weight is 516 g/mol. The maximum Gasteiger partial charge on any atom is 0.408 e. The molecule has 2 aliphatic rings. The van der Waals surface area contributed by atoms with Crippen LogP contribution in [0.3, 0.4) is 0 Å². The molecule has 1 heterocycles. The van der Waals surface area contributed by atoms with Crippen molar-refractivity contribution >= 4 is 23.9 Å². The summed E-state index contributed by atoms with van der Waals surface area (Å²) in [6, 6.07) is 8.21. The Morgan fingerprint density at radius 2 is 1.84 bits per heavy atom. The maximum atomic E-state index is 12.8. The van der Waals surface area contributed by atoms with Gasteiger partial charge >= 0.3 is 12.1 Å². The number of benzene rings is 1. The van der Waals surface area contributed by atoms with Crippen molar-refractivity contribution in [1.29, 1.82) is 0 Å². The highest BCUT2D eigenvalue weighted by atomic mass is 16.6. The van der Waals surface area contributed by atoms with E-state index in [1.165, 1.54) is 0 Å². The number of rotatable bonds is 7. The molecular weight excluding hydrogens is 478 g/mol. The molecule has 0 aromatic heterocycles. The van der Waals surface area contributed by atoms with E-state index in [9.17, 15) is 24.3 Å². The molecule has 3 rings (SSSR count). The molecule has 1 saturated carbocycles. The minimum absolute atomic E-state index is 0.0282. The highest BCUT2D eigenvalue weighted by Gasteiger charge is 2.35. The summed E-state index contributed by atoms with van der Waals surface area (Å²) in [6.07, 6.45) is 5.73. The van der Waals surface area contributed by atoms with E-state index < -0.39 is 35.7 Å². The lowest BCUT2D eigenvalue weighted by Crippen LogP contribution is -2.50. The summed E-state index contributed by atoms with van der Waals surface area (Å²) in [7, 11) is 0. The number of cyclic esters (lactones) is 1. The smallest absolute Gasteiger partial charge is 0.408 e. The summed E-state index contributed by atoms with van der Waals surface area (Å²) in [6.45, 7) is 1.64. The molecule has 10 heteroatoms. The van der Waals surface area contributed by atoms with Crippen molar-refractivity contribution in [2.24, 2.45) is 5.92 Å². The zero-order valence-electron chi connectivity index (χ0n) is 21.2. The first-order chi connectivity index (χ1) is 17.8. The van der Waals surface area contributed by atoms with Gasteiger partial charge in [-0.25, -0.2) is 9.59 Å². The Morgan fingerprint density at radius 1 is 1.14 bits per heavy atom. The highest BCUT2D eigenvalue weighted by Crippen LogP contribution is 2.29. The first-order valence-electron chi connectivity index (χ1n) is 12.8. The lowest BCUT2D eigenvalue weighted by molar-refractivity contribution is -0.151. The van der Waals surface area contributed by atoms with Gasteiger partial charge in [0.15, 0.2) is 0 Å². The van der Waals surface area contributed by atoms with Crippen LogP contribution < -0.4 is 16.0 Å². The zero-order chi connectivity index (χ0) is 26.7. The van der Waals surface area contributed by atoms with E-state index in [4.69, 9.17) is 9.47 Å².